The maximum absolute atomic E-state index is 13.1. The van der Waals surface area contributed by atoms with E-state index in [1.54, 1.807) is 23.6 Å². The van der Waals surface area contributed by atoms with Crippen molar-refractivity contribution in [2.45, 2.75) is 31.2 Å². The molecule has 0 aliphatic carbocycles. The number of carbonyl (C=O) groups excluding carboxylic acids is 2. The Morgan fingerprint density at radius 2 is 1.67 bits per heavy atom. The van der Waals surface area contributed by atoms with Gasteiger partial charge in [-0.3, -0.25) is 9.59 Å². The van der Waals surface area contributed by atoms with Crippen LogP contribution < -0.4 is 4.90 Å². The van der Waals surface area contributed by atoms with Gasteiger partial charge in [-0.2, -0.15) is 0 Å². The van der Waals surface area contributed by atoms with Crippen molar-refractivity contribution in [3.05, 3.63) is 71.8 Å². The monoisotopic (exact) mass is 503 g/mol. The van der Waals surface area contributed by atoms with Crippen LogP contribution in [0.2, 0.25) is 0 Å². The van der Waals surface area contributed by atoms with Crippen LogP contribution in [0.1, 0.15) is 36.2 Å². The van der Waals surface area contributed by atoms with Gasteiger partial charge in [-0.1, -0.05) is 61.2 Å². The number of rotatable bonds is 8. The van der Waals surface area contributed by atoms with Gasteiger partial charge < -0.3 is 14.7 Å². The summed E-state index contributed by atoms with van der Waals surface area (Å²) in [5.41, 5.74) is 3.68. The lowest BCUT2D eigenvalue weighted by Gasteiger charge is -2.34. The fourth-order valence-electron chi connectivity index (χ4n) is 4.23. The Morgan fingerprint density at radius 1 is 0.944 bits per heavy atom. The Morgan fingerprint density at radius 3 is 2.36 bits per heavy atom. The van der Waals surface area contributed by atoms with E-state index in [0.717, 1.165) is 35.6 Å². The zero-order chi connectivity index (χ0) is 25.5. The number of hydrogen-bond acceptors (Lipinski definition) is 6. The molecule has 7 nitrogen and oxygen atoms in total. The summed E-state index contributed by atoms with van der Waals surface area (Å²) in [6.45, 7) is 6.93. The molecule has 0 bridgehead atoms. The Labute approximate surface area is 217 Å². The molecule has 188 valence electrons. The molecule has 8 heteroatoms. The minimum atomic E-state index is 0.0100. The molecule has 1 saturated heterocycles. The number of benzene rings is 2. The molecule has 2 aromatic carbocycles. The lowest BCUT2D eigenvalue weighted by atomic mass is 10.1. The van der Waals surface area contributed by atoms with E-state index in [-0.39, 0.29) is 11.8 Å². The van der Waals surface area contributed by atoms with E-state index in [4.69, 9.17) is 9.97 Å². The van der Waals surface area contributed by atoms with Gasteiger partial charge in [0, 0.05) is 69.6 Å². The SMILES string of the molecule is CCCN(C)c1cc(-c2ccccc2)nc(SCc2cccc(C(=O)N3CCN(C(C)=O)CC3)c2)n1. The lowest BCUT2D eigenvalue weighted by molar-refractivity contribution is -0.130. The second kappa shape index (κ2) is 12.0. The normalized spacial score (nSPS) is 13.5. The van der Waals surface area contributed by atoms with E-state index in [9.17, 15) is 9.59 Å². The smallest absolute Gasteiger partial charge is 0.253 e. The van der Waals surface area contributed by atoms with Crippen LogP contribution in [0.3, 0.4) is 0 Å². The third-order valence-electron chi connectivity index (χ3n) is 6.27. The number of anilines is 1. The summed E-state index contributed by atoms with van der Waals surface area (Å²) in [4.78, 5) is 40.1. The third-order valence-corrected chi connectivity index (χ3v) is 7.18. The van der Waals surface area contributed by atoms with Gasteiger partial charge in [-0.25, -0.2) is 9.97 Å². The molecule has 1 fully saturated rings. The number of hydrogen-bond donors (Lipinski definition) is 0. The molecule has 2 amide bonds. The molecule has 0 spiro atoms. The molecule has 0 N–H and O–H groups in total. The van der Waals surface area contributed by atoms with Gasteiger partial charge in [0.1, 0.15) is 5.82 Å². The van der Waals surface area contributed by atoms with Gasteiger partial charge >= 0.3 is 0 Å². The van der Waals surface area contributed by atoms with Crippen LogP contribution in [0.15, 0.2) is 65.8 Å². The quantitative estimate of drug-likeness (QED) is 0.331. The Kier molecular flexibility index (Phi) is 8.59. The molecule has 0 atom stereocenters. The Hall–Kier alpha value is -3.39. The predicted octanol–water partition coefficient (Wildman–Crippen LogP) is 4.59. The summed E-state index contributed by atoms with van der Waals surface area (Å²) >= 11 is 1.57. The standard InChI is InChI=1S/C28H33N5O2S/c1-4-13-31(3)26-19-25(23-10-6-5-7-11-23)29-28(30-26)36-20-22-9-8-12-24(18-22)27(35)33-16-14-32(15-17-33)21(2)34/h5-12,18-19H,4,13-17,20H2,1-3H3. The van der Waals surface area contributed by atoms with Crippen LogP contribution in [0, 0.1) is 0 Å². The highest BCUT2D eigenvalue weighted by molar-refractivity contribution is 7.98. The second-order valence-electron chi connectivity index (χ2n) is 8.97. The average Bonchev–Trinajstić information content (AvgIpc) is 2.92. The summed E-state index contributed by atoms with van der Waals surface area (Å²) in [5, 5.41) is 0.714. The van der Waals surface area contributed by atoms with Gasteiger partial charge in [-0.15, -0.1) is 0 Å². The highest BCUT2D eigenvalue weighted by Gasteiger charge is 2.23. The average molecular weight is 504 g/mol. The van der Waals surface area contributed by atoms with Crippen molar-refractivity contribution in [3.63, 3.8) is 0 Å². The maximum atomic E-state index is 13.1. The third kappa shape index (κ3) is 6.43. The largest absolute Gasteiger partial charge is 0.360 e. The number of amides is 2. The van der Waals surface area contributed by atoms with Crippen LogP contribution >= 0.6 is 11.8 Å². The first-order valence-electron chi connectivity index (χ1n) is 12.4. The number of nitrogens with zero attached hydrogens (tertiary/aromatic N) is 5. The van der Waals surface area contributed by atoms with E-state index in [2.05, 4.69) is 31.0 Å². The summed E-state index contributed by atoms with van der Waals surface area (Å²) in [5.74, 6) is 1.63. The van der Waals surface area contributed by atoms with Crippen molar-refractivity contribution in [1.29, 1.82) is 0 Å². The molecular weight excluding hydrogens is 470 g/mol. The molecule has 3 aromatic rings. The summed E-state index contributed by atoms with van der Waals surface area (Å²) in [6.07, 6.45) is 1.04. The van der Waals surface area contributed by atoms with Crippen molar-refractivity contribution in [2.75, 3.05) is 44.7 Å². The number of thioether (sulfide) groups is 1. The van der Waals surface area contributed by atoms with Crippen LogP contribution in [0.5, 0.6) is 0 Å². The summed E-state index contributed by atoms with van der Waals surface area (Å²) < 4.78 is 0. The van der Waals surface area contributed by atoms with E-state index in [0.29, 0.717) is 42.7 Å². The molecule has 2 heterocycles. The van der Waals surface area contributed by atoms with Crippen LogP contribution in [0.4, 0.5) is 5.82 Å². The van der Waals surface area contributed by atoms with Gasteiger partial charge in [0.05, 0.1) is 5.69 Å². The topological polar surface area (TPSA) is 69.6 Å². The van der Waals surface area contributed by atoms with Crippen LogP contribution in [0.25, 0.3) is 11.3 Å². The first kappa shape index (κ1) is 25.7. The van der Waals surface area contributed by atoms with Crippen molar-refractivity contribution >= 4 is 29.4 Å². The van der Waals surface area contributed by atoms with Gasteiger partial charge in [-0.05, 0) is 24.1 Å². The molecule has 0 radical (unpaired) electrons. The van der Waals surface area contributed by atoms with Crippen molar-refractivity contribution in [1.82, 2.24) is 19.8 Å². The molecule has 0 saturated carbocycles. The van der Waals surface area contributed by atoms with E-state index < -0.39 is 0 Å². The zero-order valence-electron chi connectivity index (χ0n) is 21.2. The van der Waals surface area contributed by atoms with Gasteiger partial charge in [0.2, 0.25) is 5.91 Å². The predicted molar refractivity (Wildman–Crippen MR) is 145 cm³/mol. The summed E-state index contributed by atoms with van der Waals surface area (Å²) in [6, 6.07) is 20.0. The number of carbonyl (C=O) groups is 2. The fraction of sp³-hybridized carbons (Fsp3) is 0.357. The number of aromatic nitrogens is 2. The van der Waals surface area contributed by atoms with Gasteiger partial charge in [0.25, 0.3) is 5.91 Å². The maximum Gasteiger partial charge on any atom is 0.253 e. The van der Waals surface area contributed by atoms with Crippen molar-refractivity contribution in [3.8, 4) is 11.3 Å². The van der Waals surface area contributed by atoms with E-state index in [1.807, 2.05) is 53.4 Å². The minimum absolute atomic E-state index is 0.0100. The van der Waals surface area contributed by atoms with E-state index in [1.165, 1.54) is 0 Å². The van der Waals surface area contributed by atoms with Crippen molar-refractivity contribution < 1.29 is 9.59 Å². The van der Waals surface area contributed by atoms with Crippen molar-refractivity contribution in [2.24, 2.45) is 0 Å². The highest BCUT2D eigenvalue weighted by atomic mass is 32.2. The molecule has 1 aliphatic heterocycles. The Bertz CT molecular complexity index is 1200. The molecule has 36 heavy (non-hydrogen) atoms. The molecule has 1 aliphatic rings. The van der Waals surface area contributed by atoms with E-state index >= 15 is 0 Å². The Balaban J connectivity index is 1.48. The molecular formula is C28H33N5O2S. The van der Waals surface area contributed by atoms with Gasteiger partial charge in [0.15, 0.2) is 5.16 Å². The first-order chi connectivity index (χ1) is 17.4. The lowest BCUT2D eigenvalue weighted by Crippen LogP contribution is -2.50. The molecule has 0 unspecified atom stereocenters. The minimum Gasteiger partial charge on any atom is -0.360 e. The highest BCUT2D eigenvalue weighted by Crippen LogP contribution is 2.27. The zero-order valence-corrected chi connectivity index (χ0v) is 22.0. The molecule has 1 aromatic heterocycles. The molecule has 4 rings (SSSR count). The first-order valence-corrected chi connectivity index (χ1v) is 13.4. The second-order valence-corrected chi connectivity index (χ2v) is 9.91. The van der Waals surface area contributed by atoms with Crippen LogP contribution in [-0.2, 0) is 10.5 Å². The van der Waals surface area contributed by atoms with Crippen LogP contribution in [-0.4, -0.2) is 71.4 Å². The fourth-order valence-corrected chi connectivity index (χ4v) is 5.03. The number of piperazine rings is 1. The summed E-state index contributed by atoms with van der Waals surface area (Å²) in [7, 11) is 2.06.